The van der Waals surface area contributed by atoms with E-state index in [9.17, 15) is 4.79 Å². The van der Waals surface area contributed by atoms with Crippen LogP contribution in [0.1, 0.15) is 91.4 Å². The second-order valence-electron chi connectivity index (χ2n) is 5.77. The summed E-state index contributed by atoms with van der Waals surface area (Å²) in [5.41, 5.74) is 0. The Kier molecular flexibility index (Phi) is 14.4. The van der Waals surface area contributed by atoms with Crippen molar-refractivity contribution < 1.29 is 4.79 Å². The number of hydrogen-bond donors (Lipinski definition) is 0. The zero-order valence-electron chi connectivity index (χ0n) is 13.4. The Morgan fingerprint density at radius 2 is 1.37 bits per heavy atom. The summed E-state index contributed by atoms with van der Waals surface area (Å²) < 4.78 is 0. The summed E-state index contributed by atoms with van der Waals surface area (Å²) in [5.74, 6) is 1.55. The second-order valence-corrected chi connectivity index (χ2v) is 7.32. The van der Waals surface area contributed by atoms with Gasteiger partial charge in [0.1, 0.15) is 5.78 Å². The maximum atomic E-state index is 10.9. The fraction of sp³-hybridized carbons (Fsp3) is 0.941. The van der Waals surface area contributed by atoms with Crippen molar-refractivity contribution in [2.75, 3.05) is 5.75 Å². The van der Waals surface area contributed by atoms with E-state index in [1.165, 1.54) is 70.0 Å². The molecule has 1 nitrogen and oxygen atoms in total. The molecule has 114 valence electrons. The summed E-state index contributed by atoms with van der Waals surface area (Å²) >= 11 is 1.96. The van der Waals surface area contributed by atoms with E-state index >= 15 is 0 Å². The lowest BCUT2D eigenvalue weighted by molar-refractivity contribution is -0.116. The molecule has 0 amide bonds. The first kappa shape index (κ1) is 19.0. The lowest BCUT2D eigenvalue weighted by Crippen LogP contribution is -2.03. The molecule has 0 heterocycles. The molecule has 0 aliphatic heterocycles. The molecule has 0 aromatic heterocycles. The smallest absolute Gasteiger partial charge is 0.130 e. The summed E-state index contributed by atoms with van der Waals surface area (Å²) in [7, 11) is 0. The Labute approximate surface area is 125 Å². The molecular formula is C17H34OS. The van der Waals surface area contributed by atoms with Crippen molar-refractivity contribution in [3.8, 4) is 0 Å². The van der Waals surface area contributed by atoms with Crippen molar-refractivity contribution >= 4 is 17.5 Å². The number of unbranched alkanes of at least 4 members (excludes halogenated alkanes) is 9. The molecule has 0 spiro atoms. The highest BCUT2D eigenvalue weighted by Crippen LogP contribution is 2.17. The van der Waals surface area contributed by atoms with Gasteiger partial charge in [-0.1, -0.05) is 71.6 Å². The van der Waals surface area contributed by atoms with Crippen molar-refractivity contribution in [1.82, 2.24) is 0 Å². The van der Waals surface area contributed by atoms with Crippen LogP contribution in [-0.2, 0) is 4.79 Å². The van der Waals surface area contributed by atoms with Crippen molar-refractivity contribution in [1.29, 1.82) is 0 Å². The first-order valence-electron chi connectivity index (χ1n) is 8.27. The predicted octanol–water partition coefficient (Wildman–Crippen LogP) is 6.01. The summed E-state index contributed by atoms with van der Waals surface area (Å²) in [6.45, 7) is 6.13. The van der Waals surface area contributed by atoms with E-state index in [-0.39, 0.29) is 0 Å². The molecule has 0 aromatic rings. The maximum Gasteiger partial charge on any atom is 0.130 e. The molecule has 0 saturated heterocycles. The van der Waals surface area contributed by atoms with Crippen LogP contribution in [0.3, 0.4) is 0 Å². The molecule has 0 aliphatic rings. The highest BCUT2D eigenvalue weighted by atomic mass is 32.2. The van der Waals surface area contributed by atoms with E-state index in [4.69, 9.17) is 0 Å². The topological polar surface area (TPSA) is 17.1 Å². The highest BCUT2D eigenvalue weighted by molar-refractivity contribution is 7.99. The molecule has 0 aromatic carbocycles. The molecule has 0 radical (unpaired) electrons. The summed E-state index contributed by atoms with van der Waals surface area (Å²) in [4.78, 5) is 10.9. The quantitative estimate of drug-likeness (QED) is 0.364. The standard InChI is InChI=1S/C17H34OS/c1-4-5-6-7-8-9-10-11-12-13-14-19-17(3)15-16(2)18/h17H,4-15H2,1-3H3. The number of ketones is 1. The third kappa shape index (κ3) is 16.0. The van der Waals surface area contributed by atoms with Crippen LogP contribution in [0.15, 0.2) is 0 Å². The zero-order valence-corrected chi connectivity index (χ0v) is 14.2. The van der Waals surface area contributed by atoms with Gasteiger partial charge in [0.25, 0.3) is 0 Å². The second kappa shape index (κ2) is 14.4. The van der Waals surface area contributed by atoms with Gasteiger partial charge in [0, 0.05) is 11.7 Å². The first-order valence-corrected chi connectivity index (χ1v) is 9.32. The Hall–Kier alpha value is 0.0200. The Bertz CT molecular complexity index is 203. The first-order chi connectivity index (χ1) is 9.16. The number of hydrogen-bond acceptors (Lipinski definition) is 2. The Morgan fingerprint density at radius 3 is 1.84 bits per heavy atom. The van der Waals surface area contributed by atoms with E-state index < -0.39 is 0 Å². The summed E-state index contributed by atoms with van der Waals surface area (Å²) in [5, 5.41) is 0.510. The summed E-state index contributed by atoms with van der Waals surface area (Å²) in [6.07, 6.45) is 14.7. The van der Waals surface area contributed by atoms with E-state index in [0.29, 0.717) is 11.0 Å². The molecular weight excluding hydrogens is 252 g/mol. The molecule has 0 rings (SSSR count). The molecule has 0 bridgehead atoms. The van der Waals surface area contributed by atoms with E-state index in [2.05, 4.69) is 13.8 Å². The van der Waals surface area contributed by atoms with Gasteiger partial charge in [-0.2, -0.15) is 11.8 Å². The van der Waals surface area contributed by atoms with Crippen LogP contribution >= 0.6 is 11.8 Å². The van der Waals surface area contributed by atoms with E-state index in [1.54, 1.807) is 6.92 Å². The number of Topliss-reactive ketones (excluding diaryl/α,β-unsaturated/α-hetero) is 1. The lowest BCUT2D eigenvalue weighted by Gasteiger charge is -2.08. The minimum atomic E-state index is 0.322. The van der Waals surface area contributed by atoms with E-state index in [1.807, 2.05) is 11.8 Å². The van der Waals surface area contributed by atoms with Crippen LogP contribution in [0.5, 0.6) is 0 Å². The normalized spacial score (nSPS) is 12.6. The molecule has 0 saturated carbocycles. The Morgan fingerprint density at radius 1 is 0.895 bits per heavy atom. The van der Waals surface area contributed by atoms with Crippen LogP contribution in [0.2, 0.25) is 0 Å². The van der Waals surface area contributed by atoms with Gasteiger partial charge in [-0.05, 0) is 19.1 Å². The molecule has 0 fully saturated rings. The maximum absolute atomic E-state index is 10.9. The fourth-order valence-electron chi connectivity index (χ4n) is 2.34. The molecule has 1 atom stereocenters. The molecule has 19 heavy (non-hydrogen) atoms. The van der Waals surface area contributed by atoms with Gasteiger partial charge < -0.3 is 0 Å². The van der Waals surface area contributed by atoms with Crippen LogP contribution in [0, 0.1) is 0 Å². The Balaban J connectivity index is 3.08. The van der Waals surface area contributed by atoms with Crippen LogP contribution in [0.25, 0.3) is 0 Å². The summed E-state index contributed by atoms with van der Waals surface area (Å²) in [6, 6.07) is 0. The average Bonchev–Trinajstić information content (AvgIpc) is 2.35. The third-order valence-corrected chi connectivity index (χ3v) is 4.74. The van der Waals surface area contributed by atoms with Crippen molar-refractivity contribution in [3.05, 3.63) is 0 Å². The van der Waals surface area contributed by atoms with Crippen LogP contribution in [0.4, 0.5) is 0 Å². The lowest BCUT2D eigenvalue weighted by atomic mass is 10.1. The number of rotatable bonds is 14. The van der Waals surface area contributed by atoms with Crippen LogP contribution in [-0.4, -0.2) is 16.8 Å². The largest absolute Gasteiger partial charge is 0.300 e. The minimum absolute atomic E-state index is 0.322. The third-order valence-electron chi connectivity index (χ3n) is 3.48. The van der Waals surface area contributed by atoms with E-state index in [0.717, 1.165) is 6.42 Å². The van der Waals surface area contributed by atoms with Gasteiger partial charge in [0.15, 0.2) is 0 Å². The molecule has 0 aliphatic carbocycles. The zero-order chi connectivity index (χ0) is 14.3. The van der Waals surface area contributed by atoms with Gasteiger partial charge in [-0.3, -0.25) is 4.79 Å². The fourth-order valence-corrected chi connectivity index (χ4v) is 3.46. The van der Waals surface area contributed by atoms with Gasteiger partial charge in [0.2, 0.25) is 0 Å². The molecule has 2 heteroatoms. The number of carbonyl (C=O) groups excluding carboxylic acids is 1. The number of thioether (sulfide) groups is 1. The highest BCUT2D eigenvalue weighted by Gasteiger charge is 2.04. The minimum Gasteiger partial charge on any atom is -0.300 e. The SMILES string of the molecule is CCCCCCCCCCCCSC(C)CC(C)=O. The van der Waals surface area contributed by atoms with Gasteiger partial charge in [0.05, 0.1) is 0 Å². The average molecular weight is 287 g/mol. The molecule has 0 N–H and O–H groups in total. The van der Waals surface area contributed by atoms with Crippen molar-refractivity contribution in [2.24, 2.45) is 0 Å². The van der Waals surface area contributed by atoms with Gasteiger partial charge >= 0.3 is 0 Å². The van der Waals surface area contributed by atoms with Crippen LogP contribution < -0.4 is 0 Å². The van der Waals surface area contributed by atoms with Gasteiger partial charge in [-0.25, -0.2) is 0 Å². The number of carbonyl (C=O) groups is 1. The monoisotopic (exact) mass is 286 g/mol. The predicted molar refractivity (Wildman–Crippen MR) is 89.1 cm³/mol. The van der Waals surface area contributed by atoms with Crippen molar-refractivity contribution in [2.45, 2.75) is 96.7 Å². The van der Waals surface area contributed by atoms with Gasteiger partial charge in [-0.15, -0.1) is 0 Å². The van der Waals surface area contributed by atoms with Crippen molar-refractivity contribution in [3.63, 3.8) is 0 Å². The molecule has 1 unspecified atom stereocenters.